The van der Waals surface area contributed by atoms with Gasteiger partial charge in [-0.2, -0.15) is 0 Å². The Hall–Kier alpha value is -3.44. The van der Waals surface area contributed by atoms with Crippen molar-refractivity contribution >= 4 is 11.9 Å². The van der Waals surface area contributed by atoms with E-state index in [9.17, 15) is 14.7 Å². The van der Waals surface area contributed by atoms with Crippen molar-refractivity contribution in [3.63, 3.8) is 0 Å². The summed E-state index contributed by atoms with van der Waals surface area (Å²) >= 11 is 0. The molecule has 0 amide bonds. The van der Waals surface area contributed by atoms with Gasteiger partial charge in [0, 0.05) is 12.3 Å². The van der Waals surface area contributed by atoms with Gasteiger partial charge in [0.05, 0.1) is 0 Å². The van der Waals surface area contributed by atoms with Crippen molar-refractivity contribution < 1.29 is 19.4 Å². The number of esters is 1. The second kappa shape index (κ2) is 6.82. The standard InChI is InChI=1S/C25H21NO4/c26-25(24(28)29)13-15-7-1-2-8-16(15)22(25)23(27)30-14-21-19-11-5-3-9-17(19)18-10-4-6-12-20(18)21/h1-12,21-22H,13-14,26H2,(H,28,29). The lowest BCUT2D eigenvalue weighted by atomic mass is 9.85. The summed E-state index contributed by atoms with van der Waals surface area (Å²) in [7, 11) is 0. The fraction of sp³-hybridized carbons (Fsp3) is 0.200. The maximum Gasteiger partial charge on any atom is 0.325 e. The summed E-state index contributed by atoms with van der Waals surface area (Å²) in [5.74, 6) is -2.91. The smallest absolute Gasteiger partial charge is 0.325 e. The third-order valence-electron chi connectivity index (χ3n) is 6.35. The predicted octanol–water partition coefficient (Wildman–Crippen LogP) is 3.46. The Morgan fingerprint density at radius 3 is 2.03 bits per heavy atom. The van der Waals surface area contributed by atoms with E-state index in [1.165, 1.54) is 0 Å². The number of carbonyl (C=O) groups excluding carboxylic acids is 1. The molecule has 0 fully saturated rings. The third kappa shape index (κ3) is 2.66. The summed E-state index contributed by atoms with van der Waals surface area (Å²) in [4.78, 5) is 25.1. The van der Waals surface area contributed by atoms with Crippen molar-refractivity contribution in [3.05, 3.63) is 95.1 Å². The van der Waals surface area contributed by atoms with Crippen LogP contribution in [-0.2, 0) is 20.7 Å². The van der Waals surface area contributed by atoms with E-state index in [4.69, 9.17) is 10.5 Å². The minimum Gasteiger partial charge on any atom is -0.480 e. The van der Waals surface area contributed by atoms with Crippen LogP contribution in [0.4, 0.5) is 0 Å². The van der Waals surface area contributed by atoms with Crippen molar-refractivity contribution in [2.24, 2.45) is 5.73 Å². The summed E-state index contributed by atoms with van der Waals surface area (Å²) in [5.41, 5.74) is 10.4. The van der Waals surface area contributed by atoms with Gasteiger partial charge in [-0.3, -0.25) is 9.59 Å². The highest BCUT2D eigenvalue weighted by molar-refractivity contribution is 5.94. The largest absolute Gasteiger partial charge is 0.480 e. The molecule has 5 heteroatoms. The molecule has 0 heterocycles. The average Bonchev–Trinajstić information content (AvgIpc) is 3.24. The molecule has 0 saturated carbocycles. The molecular formula is C25H21NO4. The van der Waals surface area contributed by atoms with E-state index in [-0.39, 0.29) is 18.9 Å². The average molecular weight is 399 g/mol. The summed E-state index contributed by atoms with van der Waals surface area (Å²) in [6.45, 7) is 0.140. The van der Waals surface area contributed by atoms with Crippen LogP contribution in [0.1, 0.15) is 34.1 Å². The number of hydrogen-bond donors (Lipinski definition) is 2. The molecule has 5 nitrogen and oxygen atoms in total. The van der Waals surface area contributed by atoms with Gasteiger partial charge >= 0.3 is 11.9 Å². The fourth-order valence-electron chi connectivity index (χ4n) is 4.90. The minimum atomic E-state index is -1.70. The Balaban J connectivity index is 1.45. The maximum absolute atomic E-state index is 13.1. The summed E-state index contributed by atoms with van der Waals surface area (Å²) < 4.78 is 5.74. The van der Waals surface area contributed by atoms with Crippen LogP contribution in [0.15, 0.2) is 72.8 Å². The molecule has 0 radical (unpaired) electrons. The van der Waals surface area contributed by atoms with Crippen LogP contribution in [-0.4, -0.2) is 29.2 Å². The molecule has 30 heavy (non-hydrogen) atoms. The van der Waals surface area contributed by atoms with Crippen LogP contribution < -0.4 is 5.73 Å². The number of carboxylic acid groups (broad SMARTS) is 1. The van der Waals surface area contributed by atoms with Gasteiger partial charge in [0.1, 0.15) is 18.1 Å². The Morgan fingerprint density at radius 1 is 0.900 bits per heavy atom. The number of hydrogen-bond acceptors (Lipinski definition) is 4. The first kappa shape index (κ1) is 18.6. The molecular weight excluding hydrogens is 378 g/mol. The van der Waals surface area contributed by atoms with Crippen molar-refractivity contribution in [2.75, 3.05) is 6.61 Å². The molecule has 2 unspecified atom stereocenters. The zero-order valence-electron chi connectivity index (χ0n) is 16.2. The normalized spacial score (nSPS) is 21.6. The van der Waals surface area contributed by atoms with E-state index < -0.39 is 23.4 Å². The van der Waals surface area contributed by atoms with Gasteiger partial charge in [-0.1, -0.05) is 72.8 Å². The quantitative estimate of drug-likeness (QED) is 0.656. The van der Waals surface area contributed by atoms with Crippen LogP contribution in [0, 0.1) is 0 Å². The van der Waals surface area contributed by atoms with Gasteiger partial charge in [-0.05, 0) is 33.4 Å². The second-order valence-electron chi connectivity index (χ2n) is 8.01. The van der Waals surface area contributed by atoms with Gasteiger partial charge in [-0.25, -0.2) is 0 Å². The van der Waals surface area contributed by atoms with Crippen LogP contribution in [0.25, 0.3) is 11.1 Å². The number of rotatable bonds is 4. The van der Waals surface area contributed by atoms with Gasteiger partial charge in [0.25, 0.3) is 0 Å². The lowest BCUT2D eigenvalue weighted by molar-refractivity contribution is -0.154. The van der Waals surface area contributed by atoms with Crippen molar-refractivity contribution in [1.29, 1.82) is 0 Å². The molecule has 2 aliphatic rings. The molecule has 0 aromatic heterocycles. The van der Waals surface area contributed by atoms with Gasteiger partial charge in [0.2, 0.25) is 0 Å². The zero-order chi connectivity index (χ0) is 20.9. The maximum atomic E-state index is 13.1. The van der Waals surface area contributed by atoms with Crippen molar-refractivity contribution in [3.8, 4) is 11.1 Å². The zero-order valence-corrected chi connectivity index (χ0v) is 16.2. The van der Waals surface area contributed by atoms with Gasteiger partial charge in [-0.15, -0.1) is 0 Å². The first-order chi connectivity index (χ1) is 14.5. The van der Waals surface area contributed by atoms with Crippen molar-refractivity contribution in [2.45, 2.75) is 23.8 Å². The molecule has 0 aliphatic heterocycles. The molecule has 3 aromatic rings. The van der Waals surface area contributed by atoms with Crippen LogP contribution in [0.5, 0.6) is 0 Å². The summed E-state index contributed by atoms with van der Waals surface area (Å²) in [6.07, 6.45) is 0.105. The summed E-state index contributed by atoms with van der Waals surface area (Å²) in [6, 6.07) is 23.4. The van der Waals surface area contributed by atoms with E-state index >= 15 is 0 Å². The minimum absolute atomic E-state index is 0.0880. The first-order valence-electron chi connectivity index (χ1n) is 9.95. The van der Waals surface area contributed by atoms with Crippen molar-refractivity contribution in [1.82, 2.24) is 0 Å². The first-order valence-corrected chi connectivity index (χ1v) is 9.95. The number of ether oxygens (including phenoxy) is 1. The highest BCUT2D eigenvalue weighted by atomic mass is 16.5. The number of nitrogens with two attached hydrogens (primary N) is 1. The monoisotopic (exact) mass is 399 g/mol. The van der Waals surface area contributed by atoms with E-state index in [0.29, 0.717) is 5.56 Å². The molecule has 150 valence electrons. The number of carbonyl (C=O) groups is 2. The molecule has 0 saturated heterocycles. The highest BCUT2D eigenvalue weighted by Crippen LogP contribution is 2.45. The number of carboxylic acids is 1. The Kier molecular flexibility index (Phi) is 4.22. The van der Waals surface area contributed by atoms with Crippen LogP contribution >= 0.6 is 0 Å². The topological polar surface area (TPSA) is 89.6 Å². The van der Waals surface area contributed by atoms with E-state index in [0.717, 1.165) is 27.8 Å². The lowest BCUT2D eigenvalue weighted by Crippen LogP contribution is -2.54. The van der Waals surface area contributed by atoms with Crippen LogP contribution in [0.3, 0.4) is 0 Å². The lowest BCUT2D eigenvalue weighted by Gasteiger charge is -2.26. The molecule has 3 aromatic carbocycles. The van der Waals surface area contributed by atoms with E-state index in [1.54, 1.807) is 12.1 Å². The SMILES string of the molecule is NC1(C(=O)O)Cc2ccccc2C1C(=O)OCC1c2ccccc2-c2ccccc21. The highest BCUT2D eigenvalue weighted by Gasteiger charge is 2.53. The molecule has 0 spiro atoms. The van der Waals surface area contributed by atoms with Crippen LogP contribution in [0.2, 0.25) is 0 Å². The molecule has 2 atom stereocenters. The second-order valence-corrected chi connectivity index (χ2v) is 8.01. The Morgan fingerprint density at radius 2 is 1.43 bits per heavy atom. The number of aliphatic carboxylic acids is 1. The molecule has 2 aliphatic carbocycles. The molecule has 0 bridgehead atoms. The number of benzene rings is 3. The van der Waals surface area contributed by atoms with E-state index in [2.05, 4.69) is 12.1 Å². The van der Waals surface area contributed by atoms with Gasteiger partial charge < -0.3 is 15.6 Å². The molecule has 3 N–H and O–H groups in total. The Bertz CT molecular complexity index is 1130. The van der Waals surface area contributed by atoms with E-state index in [1.807, 2.05) is 48.5 Å². The Labute approximate surface area is 174 Å². The predicted molar refractivity (Wildman–Crippen MR) is 112 cm³/mol. The fourth-order valence-corrected chi connectivity index (χ4v) is 4.90. The molecule has 5 rings (SSSR count). The summed E-state index contributed by atoms with van der Waals surface area (Å²) in [5, 5.41) is 9.77. The number of fused-ring (bicyclic) bond motifs is 4. The third-order valence-corrected chi connectivity index (χ3v) is 6.35. The van der Waals surface area contributed by atoms with Gasteiger partial charge in [0.15, 0.2) is 0 Å².